The van der Waals surface area contributed by atoms with Gasteiger partial charge in [0.15, 0.2) is 5.16 Å². The van der Waals surface area contributed by atoms with Gasteiger partial charge < -0.3 is 14.4 Å². The number of carboxylic acids is 1. The number of methoxy groups -OCH3 is 1. The molecule has 5 nitrogen and oxygen atoms in total. The first kappa shape index (κ1) is 15.7. The predicted molar refractivity (Wildman–Crippen MR) is 84.2 cm³/mol. The smallest absolute Gasteiger partial charge is 0.313 e. The van der Waals surface area contributed by atoms with E-state index in [1.165, 1.54) is 11.8 Å². The van der Waals surface area contributed by atoms with Crippen molar-refractivity contribution in [2.24, 2.45) is 0 Å². The van der Waals surface area contributed by atoms with Crippen LogP contribution in [0.25, 0.3) is 11.0 Å². The average Bonchev–Trinajstić information content (AvgIpc) is 2.82. The summed E-state index contributed by atoms with van der Waals surface area (Å²) in [5, 5.41) is 9.62. The van der Waals surface area contributed by atoms with Crippen molar-refractivity contribution >= 4 is 28.8 Å². The molecule has 6 heteroatoms. The van der Waals surface area contributed by atoms with Gasteiger partial charge in [0.25, 0.3) is 0 Å². The summed E-state index contributed by atoms with van der Waals surface area (Å²) >= 11 is 1.26. The van der Waals surface area contributed by atoms with Gasteiger partial charge in [0.2, 0.25) is 0 Å². The molecule has 0 bridgehead atoms. The van der Waals surface area contributed by atoms with Crippen molar-refractivity contribution in [3.63, 3.8) is 0 Å². The average molecular weight is 308 g/mol. The Kier molecular flexibility index (Phi) is 5.50. The molecule has 0 aliphatic rings. The number of imidazole rings is 1. The van der Waals surface area contributed by atoms with Gasteiger partial charge >= 0.3 is 5.97 Å². The van der Waals surface area contributed by atoms with Crippen molar-refractivity contribution in [3.05, 3.63) is 18.2 Å². The Bertz CT molecular complexity index is 625. The van der Waals surface area contributed by atoms with Crippen molar-refractivity contribution in [1.29, 1.82) is 0 Å². The third-order valence-corrected chi connectivity index (χ3v) is 4.19. The van der Waals surface area contributed by atoms with E-state index in [0.29, 0.717) is 0 Å². The molecular weight excluding hydrogens is 288 g/mol. The zero-order chi connectivity index (χ0) is 15.2. The van der Waals surface area contributed by atoms with Gasteiger partial charge in [-0.15, -0.1) is 0 Å². The first-order chi connectivity index (χ1) is 10.2. The molecule has 2 aromatic rings. The molecule has 0 amide bonds. The molecule has 0 spiro atoms. The molecule has 0 atom stereocenters. The summed E-state index contributed by atoms with van der Waals surface area (Å²) in [5.74, 6) is -0.0472. The number of unbranched alkanes of at least 4 members (excludes halogenated alkanes) is 2. The number of aromatic nitrogens is 2. The van der Waals surface area contributed by atoms with Gasteiger partial charge in [0.1, 0.15) is 5.75 Å². The number of carboxylic acid groups (broad SMARTS) is 1. The molecule has 2 rings (SSSR count). The molecule has 0 radical (unpaired) electrons. The van der Waals surface area contributed by atoms with Crippen molar-refractivity contribution in [1.82, 2.24) is 9.55 Å². The maximum Gasteiger partial charge on any atom is 0.313 e. The molecule has 0 aliphatic heterocycles. The summed E-state index contributed by atoms with van der Waals surface area (Å²) in [6.07, 6.45) is 3.37. The Morgan fingerprint density at radius 2 is 2.24 bits per heavy atom. The molecule has 0 aliphatic carbocycles. The number of rotatable bonds is 8. The van der Waals surface area contributed by atoms with Crippen molar-refractivity contribution in [2.75, 3.05) is 12.9 Å². The summed E-state index contributed by atoms with van der Waals surface area (Å²) in [4.78, 5) is 15.3. The molecule has 1 aromatic carbocycles. The number of benzene rings is 1. The second kappa shape index (κ2) is 7.36. The number of hydrogen-bond acceptors (Lipinski definition) is 4. The van der Waals surface area contributed by atoms with Crippen molar-refractivity contribution in [3.8, 4) is 5.75 Å². The number of carbonyl (C=O) groups is 1. The molecule has 1 aromatic heterocycles. The SMILES string of the molecule is CCCCCn1c(SCC(=O)O)nc2cc(OC)ccc21. The van der Waals surface area contributed by atoms with E-state index in [-0.39, 0.29) is 5.75 Å². The Labute approximate surface area is 128 Å². The number of aliphatic carboxylic acids is 1. The van der Waals surface area contributed by atoms with Crippen LogP contribution >= 0.6 is 11.8 Å². The normalized spacial score (nSPS) is 11.0. The zero-order valence-corrected chi connectivity index (χ0v) is 13.2. The lowest BCUT2D eigenvalue weighted by atomic mass is 10.2. The summed E-state index contributed by atoms with van der Waals surface area (Å²) < 4.78 is 7.33. The fourth-order valence-corrected chi connectivity index (χ4v) is 2.95. The third kappa shape index (κ3) is 3.91. The zero-order valence-electron chi connectivity index (χ0n) is 12.3. The summed E-state index contributed by atoms with van der Waals surface area (Å²) in [5.41, 5.74) is 1.87. The maximum absolute atomic E-state index is 10.8. The molecular formula is C15H20N2O3S. The second-order valence-corrected chi connectivity index (χ2v) is 5.73. The number of thioether (sulfide) groups is 1. The van der Waals surface area contributed by atoms with Gasteiger partial charge in [-0.1, -0.05) is 31.5 Å². The summed E-state index contributed by atoms with van der Waals surface area (Å²) in [6.45, 7) is 3.02. The van der Waals surface area contributed by atoms with Crippen LogP contribution in [0.15, 0.2) is 23.4 Å². The van der Waals surface area contributed by atoms with Crippen LogP contribution in [0, 0.1) is 0 Å². The fourth-order valence-electron chi connectivity index (χ4n) is 2.19. The predicted octanol–water partition coefficient (Wildman–Crippen LogP) is 3.41. The largest absolute Gasteiger partial charge is 0.497 e. The van der Waals surface area contributed by atoms with Crippen molar-refractivity contribution in [2.45, 2.75) is 37.9 Å². The number of ether oxygens (including phenoxy) is 1. The third-order valence-electron chi connectivity index (χ3n) is 3.23. The minimum Gasteiger partial charge on any atom is -0.497 e. The highest BCUT2D eigenvalue weighted by Gasteiger charge is 2.13. The Balaban J connectivity index is 2.33. The van der Waals surface area contributed by atoms with Crippen LogP contribution in [0.1, 0.15) is 26.2 Å². The van der Waals surface area contributed by atoms with E-state index in [1.807, 2.05) is 18.2 Å². The monoisotopic (exact) mass is 308 g/mol. The van der Waals surface area contributed by atoms with Gasteiger partial charge in [-0.25, -0.2) is 4.98 Å². The molecule has 0 saturated heterocycles. The minimum absolute atomic E-state index is 0.0221. The van der Waals surface area contributed by atoms with Crippen LogP contribution in [0.3, 0.4) is 0 Å². The maximum atomic E-state index is 10.8. The summed E-state index contributed by atoms with van der Waals surface area (Å²) in [6, 6.07) is 5.78. The Morgan fingerprint density at radius 1 is 1.43 bits per heavy atom. The molecule has 114 valence electrons. The first-order valence-corrected chi connectivity index (χ1v) is 8.03. The van der Waals surface area contributed by atoms with E-state index in [9.17, 15) is 4.79 Å². The highest BCUT2D eigenvalue weighted by Crippen LogP contribution is 2.27. The van der Waals surface area contributed by atoms with Crippen LogP contribution in [0.2, 0.25) is 0 Å². The summed E-state index contributed by atoms with van der Waals surface area (Å²) in [7, 11) is 1.62. The number of aryl methyl sites for hydroxylation is 1. The molecule has 21 heavy (non-hydrogen) atoms. The lowest BCUT2D eigenvalue weighted by Crippen LogP contribution is -2.03. The standard InChI is InChI=1S/C15H20N2O3S/c1-3-4-5-8-17-13-7-6-11(20-2)9-12(13)16-15(17)21-10-14(18)19/h6-7,9H,3-5,8,10H2,1-2H3,(H,18,19). The highest BCUT2D eigenvalue weighted by atomic mass is 32.2. The van der Waals surface area contributed by atoms with Crippen LogP contribution in [0.4, 0.5) is 0 Å². The van der Waals surface area contributed by atoms with Gasteiger partial charge in [0.05, 0.1) is 23.9 Å². The molecule has 1 N–H and O–H groups in total. The molecule has 1 heterocycles. The second-order valence-electron chi connectivity index (χ2n) is 4.79. The quantitative estimate of drug-likeness (QED) is 0.598. The molecule has 0 saturated carbocycles. The number of fused-ring (bicyclic) bond motifs is 1. The Morgan fingerprint density at radius 3 is 2.90 bits per heavy atom. The van der Waals surface area contributed by atoms with Gasteiger partial charge in [0, 0.05) is 12.6 Å². The van der Waals surface area contributed by atoms with E-state index in [4.69, 9.17) is 9.84 Å². The molecule has 0 unspecified atom stereocenters. The van der Waals surface area contributed by atoms with Crippen molar-refractivity contribution < 1.29 is 14.6 Å². The van der Waals surface area contributed by atoms with E-state index in [0.717, 1.165) is 47.7 Å². The van der Waals surface area contributed by atoms with E-state index in [1.54, 1.807) is 7.11 Å². The Hall–Kier alpha value is -1.69. The van der Waals surface area contributed by atoms with E-state index >= 15 is 0 Å². The van der Waals surface area contributed by atoms with Gasteiger partial charge in [-0.2, -0.15) is 0 Å². The first-order valence-electron chi connectivity index (χ1n) is 7.04. The van der Waals surface area contributed by atoms with E-state index < -0.39 is 5.97 Å². The van der Waals surface area contributed by atoms with Crippen LogP contribution in [0.5, 0.6) is 5.75 Å². The van der Waals surface area contributed by atoms with Crippen LogP contribution in [-0.4, -0.2) is 33.5 Å². The lowest BCUT2D eigenvalue weighted by molar-refractivity contribution is -0.133. The fraction of sp³-hybridized carbons (Fsp3) is 0.467. The topological polar surface area (TPSA) is 64.4 Å². The van der Waals surface area contributed by atoms with E-state index in [2.05, 4.69) is 16.5 Å². The number of hydrogen-bond donors (Lipinski definition) is 1. The lowest BCUT2D eigenvalue weighted by Gasteiger charge is -2.08. The van der Waals surface area contributed by atoms with Crippen LogP contribution in [-0.2, 0) is 11.3 Å². The minimum atomic E-state index is -0.829. The highest BCUT2D eigenvalue weighted by molar-refractivity contribution is 7.99. The van der Waals surface area contributed by atoms with Crippen LogP contribution < -0.4 is 4.74 Å². The number of nitrogens with zero attached hydrogens (tertiary/aromatic N) is 2. The van der Waals surface area contributed by atoms with Gasteiger partial charge in [-0.05, 0) is 18.6 Å². The van der Waals surface area contributed by atoms with Gasteiger partial charge in [-0.3, -0.25) is 4.79 Å². The molecule has 0 fully saturated rings.